The van der Waals surface area contributed by atoms with E-state index in [-0.39, 0.29) is 0 Å². The third kappa shape index (κ3) is 4.07. The summed E-state index contributed by atoms with van der Waals surface area (Å²) in [7, 11) is 0. The molecule has 0 bridgehead atoms. The standard InChI is InChI=1S/C44H26N4/c1-46-38-25-24-30(29-12-10-14-32(26-29)47-39-19-6-2-15-33(39)34-16-3-7-20-40(34)47)27-37(38)44-31(28-45)13-11-23-43(44)48-41-21-8-4-17-35(41)36-18-5-9-22-42(36)48/h2-27H. The van der Waals surface area contributed by atoms with Crippen LogP contribution in [0.5, 0.6) is 0 Å². The topological polar surface area (TPSA) is 38.0 Å². The molecule has 2 heterocycles. The second-order valence-electron chi connectivity index (χ2n) is 11.9. The van der Waals surface area contributed by atoms with Crippen LogP contribution in [0.2, 0.25) is 0 Å². The summed E-state index contributed by atoms with van der Waals surface area (Å²) in [5.41, 5.74) is 10.8. The van der Waals surface area contributed by atoms with Crippen LogP contribution in [0.15, 0.2) is 158 Å². The highest BCUT2D eigenvalue weighted by atomic mass is 15.0. The molecule has 0 atom stereocenters. The number of nitriles is 1. The fourth-order valence-electron chi connectivity index (χ4n) is 7.32. The fourth-order valence-corrected chi connectivity index (χ4v) is 7.32. The van der Waals surface area contributed by atoms with Crippen molar-refractivity contribution in [2.24, 2.45) is 0 Å². The van der Waals surface area contributed by atoms with E-state index in [1.54, 1.807) is 0 Å². The van der Waals surface area contributed by atoms with Crippen LogP contribution in [0.1, 0.15) is 5.56 Å². The summed E-state index contributed by atoms with van der Waals surface area (Å²) in [6, 6.07) is 56.5. The van der Waals surface area contributed by atoms with Crippen LogP contribution < -0.4 is 0 Å². The molecule has 9 rings (SSSR count). The van der Waals surface area contributed by atoms with Crippen LogP contribution in [-0.2, 0) is 0 Å². The van der Waals surface area contributed by atoms with Gasteiger partial charge in [0.1, 0.15) is 0 Å². The van der Waals surface area contributed by atoms with E-state index >= 15 is 0 Å². The maximum absolute atomic E-state index is 10.5. The first-order valence-corrected chi connectivity index (χ1v) is 15.9. The van der Waals surface area contributed by atoms with Crippen molar-refractivity contribution in [2.75, 3.05) is 0 Å². The minimum atomic E-state index is 0.502. The van der Waals surface area contributed by atoms with E-state index in [0.29, 0.717) is 11.3 Å². The summed E-state index contributed by atoms with van der Waals surface area (Å²) in [6.07, 6.45) is 0. The zero-order valence-corrected chi connectivity index (χ0v) is 25.8. The van der Waals surface area contributed by atoms with Gasteiger partial charge in [0.2, 0.25) is 0 Å². The molecule has 0 aliphatic heterocycles. The first kappa shape index (κ1) is 27.4. The van der Waals surface area contributed by atoms with E-state index < -0.39 is 0 Å². The molecule has 0 unspecified atom stereocenters. The summed E-state index contributed by atoms with van der Waals surface area (Å²) in [5.74, 6) is 0. The zero-order valence-electron chi connectivity index (χ0n) is 25.8. The molecule has 7 aromatic carbocycles. The van der Waals surface area contributed by atoms with E-state index in [2.05, 4.69) is 141 Å². The lowest BCUT2D eigenvalue weighted by atomic mass is 9.93. The number of benzene rings is 7. The number of rotatable bonds is 4. The Kier molecular flexibility index (Phi) is 6.22. The van der Waals surface area contributed by atoms with Crippen LogP contribution in [0.25, 0.3) is 82.1 Å². The van der Waals surface area contributed by atoms with Gasteiger partial charge in [0.15, 0.2) is 5.69 Å². The van der Waals surface area contributed by atoms with E-state index in [0.717, 1.165) is 66.5 Å². The zero-order chi connectivity index (χ0) is 32.2. The van der Waals surface area contributed by atoms with Gasteiger partial charge in [-0.15, -0.1) is 0 Å². The molecule has 0 aliphatic rings. The molecular weight excluding hydrogens is 585 g/mol. The maximum Gasteiger partial charge on any atom is 0.195 e. The predicted octanol–water partition coefficient (Wildman–Crippen LogP) is 11.6. The van der Waals surface area contributed by atoms with Gasteiger partial charge in [-0.05, 0) is 65.2 Å². The summed E-state index contributed by atoms with van der Waals surface area (Å²) < 4.78 is 4.54. The average molecular weight is 611 g/mol. The summed E-state index contributed by atoms with van der Waals surface area (Å²) >= 11 is 0. The van der Waals surface area contributed by atoms with Crippen LogP contribution in [-0.4, -0.2) is 9.13 Å². The van der Waals surface area contributed by atoms with E-state index in [1.165, 1.54) is 10.8 Å². The first-order chi connectivity index (χ1) is 23.7. The fraction of sp³-hybridized carbons (Fsp3) is 0. The van der Waals surface area contributed by atoms with E-state index in [9.17, 15) is 5.26 Å². The lowest BCUT2D eigenvalue weighted by Crippen LogP contribution is -2.00. The average Bonchev–Trinajstić information content (AvgIpc) is 3.67. The van der Waals surface area contributed by atoms with Gasteiger partial charge in [-0.2, -0.15) is 5.26 Å². The molecule has 0 saturated carbocycles. The van der Waals surface area contributed by atoms with Crippen LogP contribution in [0, 0.1) is 17.9 Å². The van der Waals surface area contributed by atoms with Crippen LogP contribution in [0.3, 0.4) is 0 Å². The summed E-state index contributed by atoms with van der Waals surface area (Å²) in [4.78, 5) is 3.96. The molecule has 4 heteroatoms. The van der Waals surface area contributed by atoms with Crippen LogP contribution in [0.4, 0.5) is 5.69 Å². The normalized spacial score (nSPS) is 11.3. The Morgan fingerprint density at radius 3 is 1.58 bits per heavy atom. The second kappa shape index (κ2) is 10.9. The van der Waals surface area contributed by atoms with Gasteiger partial charge in [0, 0.05) is 32.8 Å². The van der Waals surface area contributed by atoms with Gasteiger partial charge >= 0.3 is 0 Å². The van der Waals surface area contributed by atoms with Gasteiger partial charge in [-0.1, -0.05) is 109 Å². The molecule has 0 N–H and O–H groups in total. The Morgan fingerprint density at radius 2 is 1.02 bits per heavy atom. The molecule has 2 aromatic heterocycles. The highest BCUT2D eigenvalue weighted by Gasteiger charge is 2.21. The molecular formula is C44H26N4. The van der Waals surface area contributed by atoms with Gasteiger partial charge in [0.25, 0.3) is 0 Å². The van der Waals surface area contributed by atoms with Crippen molar-refractivity contribution in [3.05, 3.63) is 175 Å². The molecule has 0 aliphatic carbocycles. The number of fused-ring (bicyclic) bond motifs is 6. The minimum Gasteiger partial charge on any atom is -0.309 e. The van der Waals surface area contributed by atoms with Crippen LogP contribution >= 0.6 is 0 Å². The molecule has 0 amide bonds. The summed E-state index contributed by atoms with van der Waals surface area (Å²) in [6.45, 7) is 8.16. The van der Waals surface area contributed by atoms with Crippen molar-refractivity contribution in [1.29, 1.82) is 5.26 Å². The van der Waals surface area contributed by atoms with Crippen molar-refractivity contribution in [3.8, 4) is 39.7 Å². The number of nitrogens with zero attached hydrogens (tertiary/aromatic N) is 4. The van der Waals surface area contributed by atoms with Crippen molar-refractivity contribution >= 4 is 49.3 Å². The Hall–Kier alpha value is -6.88. The van der Waals surface area contributed by atoms with Gasteiger partial charge in [0.05, 0.1) is 46.0 Å². The smallest absolute Gasteiger partial charge is 0.195 e. The molecule has 222 valence electrons. The molecule has 0 fully saturated rings. The SMILES string of the molecule is [C-]#[N+]c1ccc(-c2cccc(-n3c4ccccc4c4ccccc43)c2)cc1-c1c(C#N)cccc1-n1c2ccccc2c2ccccc21. The molecule has 0 saturated heterocycles. The highest BCUT2D eigenvalue weighted by molar-refractivity contribution is 6.11. The number of hydrogen-bond donors (Lipinski definition) is 0. The Morgan fingerprint density at radius 1 is 0.500 bits per heavy atom. The largest absolute Gasteiger partial charge is 0.309 e. The van der Waals surface area contributed by atoms with Gasteiger partial charge in [-0.3, -0.25) is 0 Å². The monoisotopic (exact) mass is 610 g/mol. The quantitative estimate of drug-likeness (QED) is 0.183. The molecule has 0 radical (unpaired) electrons. The minimum absolute atomic E-state index is 0.502. The Labute approximate surface area is 277 Å². The van der Waals surface area contributed by atoms with E-state index in [4.69, 9.17) is 6.57 Å². The van der Waals surface area contributed by atoms with Crippen molar-refractivity contribution < 1.29 is 0 Å². The molecule has 48 heavy (non-hydrogen) atoms. The number of para-hydroxylation sites is 4. The molecule has 0 spiro atoms. The van der Waals surface area contributed by atoms with Crippen molar-refractivity contribution in [1.82, 2.24) is 9.13 Å². The maximum atomic E-state index is 10.5. The molecule has 9 aromatic rings. The number of hydrogen-bond acceptors (Lipinski definition) is 1. The second-order valence-corrected chi connectivity index (χ2v) is 11.9. The Bertz CT molecular complexity index is 2710. The first-order valence-electron chi connectivity index (χ1n) is 15.9. The lowest BCUT2D eigenvalue weighted by molar-refractivity contribution is 1.18. The van der Waals surface area contributed by atoms with Gasteiger partial charge < -0.3 is 9.13 Å². The predicted molar refractivity (Wildman–Crippen MR) is 197 cm³/mol. The lowest BCUT2D eigenvalue weighted by Gasteiger charge is -2.18. The third-order valence-electron chi connectivity index (χ3n) is 9.39. The van der Waals surface area contributed by atoms with Crippen molar-refractivity contribution in [2.45, 2.75) is 0 Å². The molecule has 4 nitrogen and oxygen atoms in total. The van der Waals surface area contributed by atoms with E-state index in [1.807, 2.05) is 36.4 Å². The third-order valence-corrected chi connectivity index (χ3v) is 9.39. The van der Waals surface area contributed by atoms with Gasteiger partial charge in [-0.25, -0.2) is 4.85 Å². The highest BCUT2D eigenvalue weighted by Crippen LogP contribution is 2.43. The van der Waals surface area contributed by atoms with Crippen molar-refractivity contribution in [3.63, 3.8) is 0 Å². The Balaban J connectivity index is 1.27. The number of aromatic nitrogens is 2. The summed E-state index contributed by atoms with van der Waals surface area (Å²) in [5, 5.41) is 15.2.